The fraction of sp³-hybridized carbons (Fsp3) is 0.276. The van der Waals surface area contributed by atoms with Crippen LogP contribution >= 0.6 is 0 Å². The number of halogens is 1. The minimum absolute atomic E-state index is 0.0577. The monoisotopic (exact) mass is 537 g/mol. The van der Waals surface area contributed by atoms with Gasteiger partial charge in [0.25, 0.3) is 0 Å². The van der Waals surface area contributed by atoms with Crippen LogP contribution in [0, 0.1) is 5.82 Å². The number of ether oxygens (including phenoxy) is 3. The molecule has 1 aromatic heterocycles. The highest BCUT2D eigenvalue weighted by atomic mass is 32.2. The van der Waals surface area contributed by atoms with Crippen LogP contribution in [0.15, 0.2) is 82.1 Å². The molecule has 5 rings (SSSR count). The smallest absolute Gasteiger partial charge is 0.233 e. The van der Waals surface area contributed by atoms with Crippen LogP contribution in [-0.4, -0.2) is 40.0 Å². The zero-order valence-electron chi connectivity index (χ0n) is 21.1. The normalized spacial score (nSPS) is 15.3. The van der Waals surface area contributed by atoms with Crippen LogP contribution in [0.25, 0.3) is 22.6 Å². The molecule has 9 heteroatoms. The molecule has 0 atom stereocenters. The number of rotatable bonds is 8. The second kappa shape index (κ2) is 10.7. The maximum Gasteiger partial charge on any atom is 0.233 e. The molecule has 1 fully saturated rings. The van der Waals surface area contributed by atoms with Crippen molar-refractivity contribution in [1.29, 1.82) is 0 Å². The molecule has 4 aromatic rings. The summed E-state index contributed by atoms with van der Waals surface area (Å²) < 4.78 is 60.9. The van der Waals surface area contributed by atoms with Crippen molar-refractivity contribution in [3.63, 3.8) is 0 Å². The SMILES string of the molecule is COC1(c2cccc(OCc3nc(-c4ccc(F)cc4)c(-c4ccc(S(C)(=O)=O)cc4)o3)c2)CCOCC1. The van der Waals surface area contributed by atoms with E-state index in [0.29, 0.717) is 47.4 Å². The number of sulfone groups is 1. The van der Waals surface area contributed by atoms with Gasteiger partial charge in [-0.05, 0) is 66.2 Å². The molecule has 3 aromatic carbocycles. The second-order valence-electron chi connectivity index (χ2n) is 9.22. The van der Waals surface area contributed by atoms with Gasteiger partial charge in [-0.3, -0.25) is 0 Å². The predicted molar refractivity (Wildman–Crippen MR) is 140 cm³/mol. The highest BCUT2D eigenvalue weighted by molar-refractivity contribution is 7.90. The lowest BCUT2D eigenvalue weighted by molar-refractivity contribution is -0.0948. The lowest BCUT2D eigenvalue weighted by atomic mass is 9.86. The van der Waals surface area contributed by atoms with E-state index >= 15 is 0 Å². The van der Waals surface area contributed by atoms with Crippen molar-refractivity contribution < 1.29 is 31.4 Å². The molecule has 38 heavy (non-hydrogen) atoms. The maximum atomic E-state index is 13.6. The number of benzene rings is 3. The first-order valence-corrected chi connectivity index (χ1v) is 14.1. The number of oxazole rings is 1. The number of methoxy groups -OCH3 is 1. The van der Waals surface area contributed by atoms with Crippen molar-refractivity contribution >= 4 is 9.84 Å². The van der Waals surface area contributed by atoms with Gasteiger partial charge >= 0.3 is 0 Å². The molecular weight excluding hydrogens is 509 g/mol. The van der Waals surface area contributed by atoms with E-state index in [-0.39, 0.29) is 17.3 Å². The Morgan fingerprint density at radius 3 is 2.32 bits per heavy atom. The van der Waals surface area contributed by atoms with Crippen molar-refractivity contribution in [2.45, 2.75) is 29.9 Å². The summed E-state index contributed by atoms with van der Waals surface area (Å²) in [5, 5.41) is 0. The van der Waals surface area contributed by atoms with E-state index in [1.807, 2.05) is 24.3 Å². The molecule has 0 radical (unpaired) electrons. The summed E-state index contributed by atoms with van der Waals surface area (Å²) >= 11 is 0. The molecular formula is C29H28FNO6S. The van der Waals surface area contributed by atoms with Gasteiger partial charge < -0.3 is 18.6 Å². The molecule has 0 saturated carbocycles. The van der Waals surface area contributed by atoms with Crippen molar-refractivity contribution in [2.75, 3.05) is 26.6 Å². The van der Waals surface area contributed by atoms with E-state index in [2.05, 4.69) is 4.98 Å². The average Bonchev–Trinajstić information content (AvgIpc) is 3.37. The molecule has 2 heterocycles. The van der Waals surface area contributed by atoms with Crippen molar-refractivity contribution in [3.05, 3.63) is 90.1 Å². The molecule has 0 N–H and O–H groups in total. The van der Waals surface area contributed by atoms with Crippen LogP contribution in [0.3, 0.4) is 0 Å². The Hall–Kier alpha value is -3.53. The highest BCUT2D eigenvalue weighted by Crippen LogP contribution is 2.37. The van der Waals surface area contributed by atoms with Gasteiger partial charge in [-0.1, -0.05) is 12.1 Å². The zero-order valence-corrected chi connectivity index (χ0v) is 22.0. The molecule has 7 nitrogen and oxygen atoms in total. The van der Waals surface area contributed by atoms with Gasteiger partial charge in [0, 0.05) is 50.5 Å². The Morgan fingerprint density at radius 2 is 1.66 bits per heavy atom. The van der Waals surface area contributed by atoms with Gasteiger partial charge in [0.2, 0.25) is 5.89 Å². The predicted octanol–water partition coefficient (Wildman–Crippen LogP) is 5.78. The molecule has 1 aliphatic heterocycles. The third-order valence-electron chi connectivity index (χ3n) is 6.75. The standard InChI is InChI=1S/C29H28FNO6S/c1-34-29(14-16-35-17-15-29)22-4-3-5-24(18-22)36-19-26-31-27(20-6-10-23(30)11-7-20)28(37-26)21-8-12-25(13-9-21)38(2,32)33/h3-13,18H,14-17,19H2,1-2H3. The fourth-order valence-corrected chi connectivity index (χ4v) is 5.24. The summed E-state index contributed by atoms with van der Waals surface area (Å²) in [5.74, 6) is 1.04. The Morgan fingerprint density at radius 1 is 0.974 bits per heavy atom. The third kappa shape index (κ3) is 5.50. The summed E-state index contributed by atoms with van der Waals surface area (Å²) in [4.78, 5) is 4.84. The number of nitrogens with zero attached hydrogens (tertiary/aromatic N) is 1. The lowest BCUT2D eigenvalue weighted by Crippen LogP contribution is -2.35. The molecule has 0 bridgehead atoms. The van der Waals surface area contributed by atoms with Crippen LogP contribution in [-0.2, 0) is 31.5 Å². The van der Waals surface area contributed by atoms with Crippen LogP contribution in [0.4, 0.5) is 4.39 Å². The highest BCUT2D eigenvalue weighted by Gasteiger charge is 2.34. The molecule has 0 amide bonds. The second-order valence-corrected chi connectivity index (χ2v) is 11.2. The average molecular weight is 538 g/mol. The molecule has 0 unspecified atom stereocenters. The Bertz CT molecular complexity index is 1510. The van der Waals surface area contributed by atoms with E-state index in [0.717, 1.165) is 24.7 Å². The molecule has 198 valence electrons. The summed E-state index contributed by atoms with van der Waals surface area (Å²) in [6.07, 6.45) is 2.67. The first-order chi connectivity index (χ1) is 18.3. The minimum Gasteiger partial charge on any atom is -0.484 e. The van der Waals surface area contributed by atoms with E-state index in [9.17, 15) is 12.8 Å². The largest absolute Gasteiger partial charge is 0.484 e. The van der Waals surface area contributed by atoms with Gasteiger partial charge in [0.1, 0.15) is 17.3 Å². The number of hydrogen-bond acceptors (Lipinski definition) is 7. The summed E-state index contributed by atoms with van der Waals surface area (Å²) in [6, 6.07) is 20.1. The van der Waals surface area contributed by atoms with Crippen LogP contribution in [0.1, 0.15) is 24.3 Å². The molecule has 0 aliphatic carbocycles. The molecule has 1 saturated heterocycles. The Balaban J connectivity index is 1.43. The van der Waals surface area contributed by atoms with E-state index in [1.54, 1.807) is 31.4 Å². The van der Waals surface area contributed by atoms with Crippen LogP contribution < -0.4 is 4.74 Å². The maximum absolute atomic E-state index is 13.6. The Kier molecular flexibility index (Phi) is 7.34. The molecule has 0 spiro atoms. The van der Waals surface area contributed by atoms with Crippen molar-refractivity contribution in [3.8, 4) is 28.3 Å². The number of hydrogen-bond donors (Lipinski definition) is 0. The van der Waals surface area contributed by atoms with Crippen LogP contribution in [0.5, 0.6) is 5.75 Å². The summed E-state index contributed by atoms with van der Waals surface area (Å²) in [7, 11) is -1.63. The molecule has 1 aliphatic rings. The van der Waals surface area contributed by atoms with Gasteiger partial charge in [-0.2, -0.15) is 0 Å². The fourth-order valence-electron chi connectivity index (χ4n) is 4.60. The topological polar surface area (TPSA) is 87.9 Å². The minimum atomic E-state index is -3.34. The first-order valence-electron chi connectivity index (χ1n) is 12.2. The van der Waals surface area contributed by atoms with Gasteiger partial charge in [-0.15, -0.1) is 0 Å². The first kappa shape index (κ1) is 26.1. The summed E-state index contributed by atoms with van der Waals surface area (Å²) in [6.45, 7) is 1.33. The van der Waals surface area contributed by atoms with Crippen molar-refractivity contribution in [2.24, 2.45) is 0 Å². The summed E-state index contributed by atoms with van der Waals surface area (Å²) in [5.41, 5.74) is 2.41. The van der Waals surface area contributed by atoms with Crippen LogP contribution in [0.2, 0.25) is 0 Å². The van der Waals surface area contributed by atoms with E-state index in [4.69, 9.17) is 18.6 Å². The Labute approximate surface area is 221 Å². The quantitative estimate of drug-likeness (QED) is 0.281. The zero-order chi connectivity index (χ0) is 26.8. The van der Waals surface area contributed by atoms with Crippen molar-refractivity contribution in [1.82, 2.24) is 4.98 Å². The van der Waals surface area contributed by atoms with Gasteiger partial charge in [0.15, 0.2) is 22.2 Å². The van der Waals surface area contributed by atoms with E-state index in [1.165, 1.54) is 24.3 Å². The van der Waals surface area contributed by atoms with Gasteiger partial charge in [-0.25, -0.2) is 17.8 Å². The third-order valence-corrected chi connectivity index (χ3v) is 7.88. The lowest BCUT2D eigenvalue weighted by Gasteiger charge is -2.36. The van der Waals surface area contributed by atoms with Gasteiger partial charge in [0.05, 0.1) is 10.5 Å². The van der Waals surface area contributed by atoms with E-state index < -0.39 is 15.4 Å². The number of aromatic nitrogens is 1.